The summed E-state index contributed by atoms with van der Waals surface area (Å²) in [5.74, 6) is 0. The van der Waals surface area contributed by atoms with E-state index in [9.17, 15) is 0 Å². The first-order valence-corrected chi connectivity index (χ1v) is 6.18. The third-order valence-corrected chi connectivity index (χ3v) is 3.65. The summed E-state index contributed by atoms with van der Waals surface area (Å²) < 4.78 is 5.58. The highest BCUT2D eigenvalue weighted by Gasteiger charge is 2.31. The lowest BCUT2D eigenvalue weighted by molar-refractivity contribution is -0.00462. The summed E-state index contributed by atoms with van der Waals surface area (Å²) in [5.41, 5.74) is 8.17. The summed E-state index contributed by atoms with van der Waals surface area (Å²) in [7, 11) is 1.76. The van der Waals surface area contributed by atoms with Crippen LogP contribution in [-0.2, 0) is 4.74 Å². The second kappa shape index (κ2) is 4.87. The Morgan fingerprint density at radius 1 is 1.50 bits per heavy atom. The first-order chi connectivity index (χ1) is 8.58. The number of nitriles is 1. The molecule has 0 bridgehead atoms. The van der Waals surface area contributed by atoms with Gasteiger partial charge < -0.3 is 15.4 Å². The van der Waals surface area contributed by atoms with E-state index in [-0.39, 0.29) is 5.60 Å². The van der Waals surface area contributed by atoms with Gasteiger partial charge in [-0.1, -0.05) is 0 Å². The molecule has 1 atom stereocenters. The summed E-state index contributed by atoms with van der Waals surface area (Å²) in [6, 6.07) is 7.57. The molecule has 0 spiro atoms. The summed E-state index contributed by atoms with van der Waals surface area (Å²) >= 11 is 0. The summed E-state index contributed by atoms with van der Waals surface area (Å²) in [4.78, 5) is 2.24. The molecule has 0 amide bonds. The molecule has 1 unspecified atom stereocenters. The van der Waals surface area contributed by atoms with Crippen molar-refractivity contribution in [1.29, 1.82) is 5.26 Å². The average molecular weight is 245 g/mol. The van der Waals surface area contributed by atoms with E-state index in [2.05, 4.69) is 17.9 Å². The quantitative estimate of drug-likeness (QED) is 0.811. The second-order valence-corrected chi connectivity index (χ2v) is 5.06. The first-order valence-electron chi connectivity index (χ1n) is 6.18. The molecule has 1 fully saturated rings. The minimum Gasteiger partial charge on any atom is -0.397 e. The van der Waals surface area contributed by atoms with Gasteiger partial charge >= 0.3 is 0 Å². The molecule has 18 heavy (non-hydrogen) atoms. The molecule has 0 saturated carbocycles. The van der Waals surface area contributed by atoms with Crippen molar-refractivity contribution in [3.63, 3.8) is 0 Å². The second-order valence-electron chi connectivity index (χ2n) is 5.06. The number of hydrogen-bond acceptors (Lipinski definition) is 4. The fourth-order valence-corrected chi connectivity index (χ4v) is 2.49. The Morgan fingerprint density at radius 3 is 2.89 bits per heavy atom. The van der Waals surface area contributed by atoms with Gasteiger partial charge in [0.25, 0.3) is 0 Å². The van der Waals surface area contributed by atoms with Crippen LogP contribution in [0.15, 0.2) is 18.2 Å². The van der Waals surface area contributed by atoms with Gasteiger partial charge in [0.05, 0.1) is 28.6 Å². The number of methoxy groups -OCH3 is 1. The maximum atomic E-state index is 8.85. The Balaban J connectivity index is 2.24. The van der Waals surface area contributed by atoms with Gasteiger partial charge in [-0.3, -0.25) is 0 Å². The van der Waals surface area contributed by atoms with Crippen molar-refractivity contribution in [2.24, 2.45) is 0 Å². The Hall–Kier alpha value is -1.73. The van der Waals surface area contributed by atoms with Crippen molar-refractivity contribution >= 4 is 11.4 Å². The van der Waals surface area contributed by atoms with Crippen LogP contribution in [0.3, 0.4) is 0 Å². The Labute approximate surface area is 108 Å². The van der Waals surface area contributed by atoms with E-state index >= 15 is 0 Å². The van der Waals surface area contributed by atoms with Crippen molar-refractivity contribution in [3.05, 3.63) is 23.8 Å². The molecular formula is C14H19N3O. The lowest BCUT2D eigenvalue weighted by atomic mass is 9.94. The molecular weight excluding hydrogens is 226 g/mol. The smallest absolute Gasteiger partial charge is 0.0992 e. The van der Waals surface area contributed by atoms with E-state index in [4.69, 9.17) is 15.7 Å². The highest BCUT2D eigenvalue weighted by Crippen LogP contribution is 2.31. The van der Waals surface area contributed by atoms with Gasteiger partial charge in [-0.2, -0.15) is 5.26 Å². The van der Waals surface area contributed by atoms with Crippen LogP contribution in [-0.4, -0.2) is 25.8 Å². The molecule has 2 N–H and O–H groups in total. The number of benzene rings is 1. The number of nitrogens with two attached hydrogens (primary N) is 1. The fraction of sp³-hybridized carbons (Fsp3) is 0.500. The van der Waals surface area contributed by atoms with E-state index in [0.717, 1.165) is 31.6 Å². The molecule has 1 saturated heterocycles. The van der Waals surface area contributed by atoms with Gasteiger partial charge in [0, 0.05) is 20.2 Å². The minimum atomic E-state index is -0.113. The van der Waals surface area contributed by atoms with Crippen LogP contribution in [0.5, 0.6) is 0 Å². The zero-order valence-electron chi connectivity index (χ0n) is 10.9. The van der Waals surface area contributed by atoms with Gasteiger partial charge in [-0.25, -0.2) is 0 Å². The van der Waals surface area contributed by atoms with Crippen LogP contribution in [0.1, 0.15) is 25.3 Å². The number of anilines is 2. The number of hydrogen-bond donors (Lipinski definition) is 1. The number of piperidine rings is 1. The maximum Gasteiger partial charge on any atom is 0.0992 e. The third kappa shape index (κ3) is 2.41. The van der Waals surface area contributed by atoms with Crippen LogP contribution >= 0.6 is 0 Å². The van der Waals surface area contributed by atoms with E-state index in [1.807, 2.05) is 12.1 Å². The lowest BCUT2D eigenvalue weighted by Gasteiger charge is -2.41. The fourth-order valence-electron chi connectivity index (χ4n) is 2.49. The molecule has 4 nitrogen and oxygen atoms in total. The van der Waals surface area contributed by atoms with Gasteiger partial charge in [0.15, 0.2) is 0 Å². The highest BCUT2D eigenvalue weighted by molar-refractivity contribution is 5.69. The molecule has 4 heteroatoms. The number of ether oxygens (including phenoxy) is 1. The zero-order chi connectivity index (χ0) is 13.2. The third-order valence-electron chi connectivity index (χ3n) is 3.65. The zero-order valence-corrected chi connectivity index (χ0v) is 10.9. The van der Waals surface area contributed by atoms with Gasteiger partial charge in [0.1, 0.15) is 0 Å². The molecule has 0 aliphatic carbocycles. The van der Waals surface area contributed by atoms with Crippen LogP contribution in [0.2, 0.25) is 0 Å². The van der Waals surface area contributed by atoms with Crippen LogP contribution < -0.4 is 10.6 Å². The largest absolute Gasteiger partial charge is 0.397 e. The molecule has 1 aliphatic rings. The average Bonchev–Trinajstić information content (AvgIpc) is 2.38. The predicted molar refractivity (Wildman–Crippen MR) is 72.4 cm³/mol. The monoisotopic (exact) mass is 245 g/mol. The molecule has 1 aromatic rings. The van der Waals surface area contributed by atoms with Crippen molar-refractivity contribution in [2.45, 2.75) is 25.4 Å². The molecule has 1 aromatic carbocycles. The molecule has 1 heterocycles. The summed E-state index contributed by atoms with van der Waals surface area (Å²) in [5, 5.41) is 8.85. The lowest BCUT2D eigenvalue weighted by Crippen LogP contribution is -2.47. The molecule has 0 radical (unpaired) electrons. The standard InChI is InChI=1S/C14H19N3O/c1-14(18-2)6-3-7-17(10-14)13-5-4-11(9-15)8-12(13)16/h4-5,8H,3,6-7,10,16H2,1-2H3. The van der Waals surface area contributed by atoms with Gasteiger partial charge in [-0.05, 0) is 38.0 Å². The van der Waals surface area contributed by atoms with Crippen molar-refractivity contribution in [1.82, 2.24) is 0 Å². The van der Waals surface area contributed by atoms with E-state index < -0.39 is 0 Å². The van der Waals surface area contributed by atoms with E-state index in [1.165, 1.54) is 0 Å². The maximum absolute atomic E-state index is 8.85. The molecule has 2 rings (SSSR count). The number of nitrogen functional groups attached to an aromatic ring is 1. The Kier molecular flexibility index (Phi) is 3.44. The van der Waals surface area contributed by atoms with Crippen LogP contribution in [0, 0.1) is 11.3 Å². The normalized spacial score (nSPS) is 23.7. The van der Waals surface area contributed by atoms with Crippen LogP contribution in [0.4, 0.5) is 11.4 Å². The van der Waals surface area contributed by atoms with Crippen molar-refractivity contribution < 1.29 is 4.74 Å². The van der Waals surface area contributed by atoms with Crippen molar-refractivity contribution in [2.75, 3.05) is 30.8 Å². The first kappa shape index (κ1) is 12.7. The van der Waals surface area contributed by atoms with Gasteiger partial charge in [-0.15, -0.1) is 0 Å². The van der Waals surface area contributed by atoms with Crippen LogP contribution in [0.25, 0.3) is 0 Å². The molecule has 96 valence electrons. The van der Waals surface area contributed by atoms with Gasteiger partial charge in [0.2, 0.25) is 0 Å². The Bertz CT molecular complexity index is 480. The Morgan fingerprint density at radius 2 is 2.28 bits per heavy atom. The van der Waals surface area contributed by atoms with Crippen molar-refractivity contribution in [3.8, 4) is 6.07 Å². The SMILES string of the molecule is COC1(C)CCCN(c2ccc(C#N)cc2N)C1. The van der Waals surface area contributed by atoms with E-state index in [1.54, 1.807) is 13.2 Å². The minimum absolute atomic E-state index is 0.113. The molecule has 1 aliphatic heterocycles. The topological polar surface area (TPSA) is 62.3 Å². The predicted octanol–water partition coefficient (Wildman–Crippen LogP) is 2.15. The number of nitrogens with zero attached hydrogens (tertiary/aromatic N) is 2. The highest BCUT2D eigenvalue weighted by atomic mass is 16.5. The summed E-state index contributed by atoms with van der Waals surface area (Å²) in [6.45, 7) is 3.94. The number of rotatable bonds is 2. The summed E-state index contributed by atoms with van der Waals surface area (Å²) in [6.07, 6.45) is 2.15. The van der Waals surface area contributed by atoms with E-state index in [0.29, 0.717) is 11.3 Å². The molecule has 0 aromatic heterocycles.